The maximum absolute atomic E-state index is 5.33. The third-order valence-corrected chi connectivity index (χ3v) is 4.30. The van der Waals surface area contributed by atoms with E-state index in [1.807, 2.05) is 24.3 Å². The standard InChI is InChI=1S/C16H17Br2NO/c1-3-15(11-5-4-6-12(17)9-11)19-13-7-8-14(18)16(10-13)20-2/h4-10,15,19H,3H2,1-2H3. The van der Waals surface area contributed by atoms with Crippen molar-refractivity contribution in [1.29, 1.82) is 0 Å². The van der Waals surface area contributed by atoms with Crippen LogP contribution in [0.25, 0.3) is 0 Å². The molecular formula is C16H17Br2NO. The number of benzene rings is 2. The number of hydrogen-bond acceptors (Lipinski definition) is 2. The predicted octanol–water partition coefficient (Wildman–Crippen LogP) is 5.78. The van der Waals surface area contributed by atoms with Gasteiger partial charge in [-0.1, -0.05) is 35.0 Å². The molecule has 0 aliphatic heterocycles. The van der Waals surface area contributed by atoms with Crippen LogP contribution < -0.4 is 10.1 Å². The van der Waals surface area contributed by atoms with Crippen LogP contribution in [0.15, 0.2) is 51.4 Å². The molecule has 0 heterocycles. The number of methoxy groups -OCH3 is 1. The zero-order chi connectivity index (χ0) is 14.5. The number of anilines is 1. The van der Waals surface area contributed by atoms with Gasteiger partial charge < -0.3 is 10.1 Å². The van der Waals surface area contributed by atoms with Gasteiger partial charge >= 0.3 is 0 Å². The predicted molar refractivity (Wildman–Crippen MR) is 91.5 cm³/mol. The van der Waals surface area contributed by atoms with Crippen molar-refractivity contribution in [1.82, 2.24) is 0 Å². The van der Waals surface area contributed by atoms with E-state index in [4.69, 9.17) is 4.74 Å². The summed E-state index contributed by atoms with van der Waals surface area (Å²) >= 11 is 6.99. The average Bonchev–Trinajstić information content (AvgIpc) is 2.46. The molecule has 0 amide bonds. The van der Waals surface area contributed by atoms with Crippen molar-refractivity contribution in [3.63, 3.8) is 0 Å². The molecular weight excluding hydrogens is 382 g/mol. The van der Waals surface area contributed by atoms with Crippen molar-refractivity contribution < 1.29 is 4.74 Å². The Balaban J connectivity index is 2.22. The van der Waals surface area contributed by atoms with E-state index in [0.29, 0.717) is 0 Å². The Hall–Kier alpha value is -1.00. The molecule has 0 bridgehead atoms. The summed E-state index contributed by atoms with van der Waals surface area (Å²) in [7, 11) is 1.68. The van der Waals surface area contributed by atoms with Crippen LogP contribution in [0.4, 0.5) is 5.69 Å². The summed E-state index contributed by atoms with van der Waals surface area (Å²) in [5, 5.41) is 3.55. The van der Waals surface area contributed by atoms with Crippen LogP contribution in [0.3, 0.4) is 0 Å². The van der Waals surface area contributed by atoms with Crippen molar-refractivity contribution in [3.05, 3.63) is 57.0 Å². The minimum atomic E-state index is 0.276. The molecule has 4 heteroatoms. The van der Waals surface area contributed by atoms with Crippen LogP contribution in [0.2, 0.25) is 0 Å². The Bertz CT molecular complexity index is 586. The van der Waals surface area contributed by atoms with Crippen LogP contribution in [0, 0.1) is 0 Å². The third kappa shape index (κ3) is 3.76. The molecule has 1 N–H and O–H groups in total. The second kappa shape index (κ2) is 7.14. The molecule has 106 valence electrons. The van der Waals surface area contributed by atoms with Crippen molar-refractivity contribution in [3.8, 4) is 5.75 Å². The van der Waals surface area contributed by atoms with Gasteiger partial charge in [-0.2, -0.15) is 0 Å². The Morgan fingerprint density at radius 2 is 1.95 bits per heavy atom. The molecule has 1 atom stereocenters. The lowest BCUT2D eigenvalue weighted by molar-refractivity contribution is 0.412. The SMILES string of the molecule is CCC(Nc1ccc(Br)c(OC)c1)c1cccc(Br)c1. The monoisotopic (exact) mass is 397 g/mol. The molecule has 0 saturated carbocycles. The van der Waals surface area contributed by atoms with Crippen LogP contribution in [0.1, 0.15) is 24.9 Å². The highest BCUT2D eigenvalue weighted by atomic mass is 79.9. The van der Waals surface area contributed by atoms with Crippen LogP contribution in [-0.2, 0) is 0 Å². The quantitative estimate of drug-likeness (QED) is 0.688. The van der Waals surface area contributed by atoms with Gasteiger partial charge in [0.05, 0.1) is 17.6 Å². The van der Waals surface area contributed by atoms with Crippen LogP contribution >= 0.6 is 31.9 Å². The van der Waals surface area contributed by atoms with Gasteiger partial charge in [-0.3, -0.25) is 0 Å². The number of hydrogen-bond donors (Lipinski definition) is 1. The van der Waals surface area contributed by atoms with E-state index in [0.717, 1.165) is 26.8 Å². The lowest BCUT2D eigenvalue weighted by Crippen LogP contribution is -2.09. The van der Waals surface area contributed by atoms with E-state index in [-0.39, 0.29) is 6.04 Å². The fourth-order valence-electron chi connectivity index (χ4n) is 2.10. The maximum atomic E-state index is 5.33. The van der Waals surface area contributed by atoms with Gasteiger partial charge in [0.2, 0.25) is 0 Å². The fourth-order valence-corrected chi connectivity index (χ4v) is 2.92. The van der Waals surface area contributed by atoms with E-state index < -0.39 is 0 Å². The molecule has 0 fully saturated rings. The molecule has 0 aliphatic rings. The van der Waals surface area contributed by atoms with E-state index in [2.05, 4.69) is 62.3 Å². The highest BCUT2D eigenvalue weighted by Crippen LogP contribution is 2.31. The second-order valence-corrected chi connectivity index (χ2v) is 6.28. The molecule has 1 unspecified atom stereocenters. The molecule has 0 radical (unpaired) electrons. The summed E-state index contributed by atoms with van der Waals surface area (Å²) in [5.74, 6) is 0.832. The Morgan fingerprint density at radius 3 is 2.60 bits per heavy atom. The van der Waals surface area contributed by atoms with E-state index in [1.54, 1.807) is 7.11 Å². The zero-order valence-electron chi connectivity index (χ0n) is 11.5. The number of nitrogens with one attached hydrogen (secondary N) is 1. The first-order chi connectivity index (χ1) is 9.63. The Kier molecular flexibility index (Phi) is 5.49. The van der Waals surface area contributed by atoms with Crippen molar-refractivity contribution in [2.24, 2.45) is 0 Å². The van der Waals surface area contributed by atoms with E-state index in [1.165, 1.54) is 5.56 Å². The lowest BCUT2D eigenvalue weighted by Gasteiger charge is -2.19. The Labute approximate surface area is 136 Å². The fraction of sp³-hybridized carbons (Fsp3) is 0.250. The number of rotatable bonds is 5. The zero-order valence-corrected chi connectivity index (χ0v) is 14.7. The first-order valence-corrected chi connectivity index (χ1v) is 8.08. The van der Waals surface area contributed by atoms with E-state index in [9.17, 15) is 0 Å². The summed E-state index contributed by atoms with van der Waals surface area (Å²) in [6.07, 6.45) is 1.01. The highest BCUT2D eigenvalue weighted by Gasteiger charge is 2.10. The van der Waals surface area contributed by atoms with Gasteiger partial charge in [0.1, 0.15) is 5.75 Å². The van der Waals surface area contributed by atoms with Gasteiger partial charge in [0.25, 0.3) is 0 Å². The minimum absolute atomic E-state index is 0.276. The number of ether oxygens (including phenoxy) is 1. The average molecular weight is 399 g/mol. The van der Waals surface area contributed by atoms with Crippen LogP contribution in [0.5, 0.6) is 5.75 Å². The molecule has 0 aromatic heterocycles. The van der Waals surface area contributed by atoms with Gasteiger partial charge in [-0.05, 0) is 52.2 Å². The summed E-state index contributed by atoms with van der Waals surface area (Å²) in [5.41, 5.74) is 2.32. The topological polar surface area (TPSA) is 21.3 Å². The summed E-state index contributed by atoms with van der Waals surface area (Å²) < 4.78 is 7.39. The van der Waals surface area contributed by atoms with Gasteiger partial charge in [-0.15, -0.1) is 0 Å². The van der Waals surface area contributed by atoms with Gasteiger partial charge in [0, 0.05) is 16.2 Å². The molecule has 20 heavy (non-hydrogen) atoms. The molecule has 0 spiro atoms. The minimum Gasteiger partial charge on any atom is -0.495 e. The molecule has 2 aromatic carbocycles. The molecule has 2 nitrogen and oxygen atoms in total. The maximum Gasteiger partial charge on any atom is 0.135 e. The van der Waals surface area contributed by atoms with Crippen molar-refractivity contribution in [2.75, 3.05) is 12.4 Å². The molecule has 0 aliphatic carbocycles. The van der Waals surface area contributed by atoms with Crippen molar-refractivity contribution >= 4 is 37.5 Å². The summed E-state index contributed by atoms with van der Waals surface area (Å²) in [6.45, 7) is 2.18. The summed E-state index contributed by atoms with van der Waals surface area (Å²) in [4.78, 5) is 0. The Morgan fingerprint density at radius 1 is 1.15 bits per heavy atom. The van der Waals surface area contributed by atoms with E-state index >= 15 is 0 Å². The molecule has 0 saturated heterocycles. The third-order valence-electron chi connectivity index (χ3n) is 3.15. The van der Waals surface area contributed by atoms with Gasteiger partial charge in [0.15, 0.2) is 0 Å². The summed E-state index contributed by atoms with van der Waals surface area (Å²) in [6, 6.07) is 14.7. The smallest absolute Gasteiger partial charge is 0.135 e. The lowest BCUT2D eigenvalue weighted by atomic mass is 10.0. The first-order valence-electron chi connectivity index (χ1n) is 6.49. The van der Waals surface area contributed by atoms with Crippen molar-refractivity contribution in [2.45, 2.75) is 19.4 Å². The second-order valence-electron chi connectivity index (χ2n) is 4.51. The van der Waals surface area contributed by atoms with Crippen LogP contribution in [-0.4, -0.2) is 7.11 Å². The molecule has 2 aromatic rings. The van der Waals surface area contributed by atoms with Gasteiger partial charge in [-0.25, -0.2) is 0 Å². The number of halogens is 2. The largest absolute Gasteiger partial charge is 0.495 e. The first kappa shape index (κ1) is 15.4. The molecule has 2 rings (SSSR count). The highest BCUT2D eigenvalue weighted by molar-refractivity contribution is 9.10. The normalized spacial score (nSPS) is 12.0.